The molecule has 0 aliphatic carbocycles. The minimum atomic E-state index is -0.465. The topological polar surface area (TPSA) is 70.2 Å². The number of carbonyl (C=O) groups excluding carboxylic acids is 2. The Bertz CT molecular complexity index is 505. The third-order valence-electron chi connectivity index (χ3n) is 2.99. The highest BCUT2D eigenvalue weighted by atomic mass is 35.5. The predicted molar refractivity (Wildman–Crippen MR) is 74.2 cm³/mol. The molecule has 19 heavy (non-hydrogen) atoms. The number of carbonyl (C=O) groups is 2. The van der Waals surface area contributed by atoms with E-state index >= 15 is 0 Å². The average Bonchev–Trinajstić information content (AvgIpc) is 2.37. The van der Waals surface area contributed by atoms with E-state index in [-0.39, 0.29) is 18.2 Å². The zero-order chi connectivity index (χ0) is 13.8. The lowest BCUT2D eigenvalue weighted by atomic mass is 10.1. The summed E-state index contributed by atoms with van der Waals surface area (Å²) in [6.45, 7) is 3.17. The van der Waals surface area contributed by atoms with Gasteiger partial charge in [-0.05, 0) is 24.6 Å². The number of hydrogen-bond donors (Lipinski definition) is 3. The first kappa shape index (κ1) is 13.8. The second kappa shape index (κ2) is 6.04. The Morgan fingerprint density at radius 3 is 3.00 bits per heavy atom. The molecule has 0 saturated carbocycles. The summed E-state index contributed by atoms with van der Waals surface area (Å²) in [6.07, 6.45) is 0.109. The van der Waals surface area contributed by atoms with Gasteiger partial charge in [0.2, 0.25) is 11.8 Å². The van der Waals surface area contributed by atoms with Gasteiger partial charge in [-0.25, -0.2) is 0 Å². The van der Waals surface area contributed by atoms with Gasteiger partial charge in [0.05, 0.1) is 12.5 Å². The summed E-state index contributed by atoms with van der Waals surface area (Å²) >= 11 is 5.89. The monoisotopic (exact) mass is 281 g/mol. The Kier molecular flexibility index (Phi) is 4.39. The second-order valence-corrected chi connectivity index (χ2v) is 4.95. The van der Waals surface area contributed by atoms with Crippen molar-refractivity contribution in [3.8, 4) is 0 Å². The van der Waals surface area contributed by atoms with E-state index in [0.29, 0.717) is 23.8 Å². The van der Waals surface area contributed by atoms with Crippen molar-refractivity contribution < 1.29 is 9.59 Å². The molecular weight excluding hydrogens is 266 g/mol. The molecule has 1 saturated heterocycles. The number of aryl methyl sites for hydroxylation is 1. The summed E-state index contributed by atoms with van der Waals surface area (Å²) in [6, 6.07) is 4.84. The first-order chi connectivity index (χ1) is 9.06. The predicted octanol–water partition coefficient (Wildman–Crippen LogP) is 1.07. The molecule has 1 aliphatic rings. The smallest absolute Gasteiger partial charge is 0.237 e. The van der Waals surface area contributed by atoms with Crippen LogP contribution in [-0.2, 0) is 9.59 Å². The highest BCUT2D eigenvalue weighted by Crippen LogP contribution is 2.20. The molecule has 1 aliphatic heterocycles. The molecular formula is C13H16ClN3O2. The van der Waals surface area contributed by atoms with E-state index in [4.69, 9.17) is 11.6 Å². The maximum Gasteiger partial charge on any atom is 0.237 e. The Balaban J connectivity index is 1.97. The number of halogens is 1. The van der Waals surface area contributed by atoms with Gasteiger partial charge in [-0.3, -0.25) is 9.59 Å². The zero-order valence-electron chi connectivity index (χ0n) is 10.6. The molecule has 1 aromatic rings. The van der Waals surface area contributed by atoms with Gasteiger partial charge in [-0.2, -0.15) is 0 Å². The van der Waals surface area contributed by atoms with Gasteiger partial charge >= 0.3 is 0 Å². The summed E-state index contributed by atoms with van der Waals surface area (Å²) in [5, 5.41) is 9.07. The van der Waals surface area contributed by atoms with E-state index in [1.807, 2.05) is 13.0 Å². The van der Waals surface area contributed by atoms with Crippen LogP contribution >= 0.6 is 11.6 Å². The first-order valence-corrected chi connectivity index (χ1v) is 6.51. The molecule has 1 aromatic carbocycles. The van der Waals surface area contributed by atoms with Crippen LogP contribution in [0.5, 0.6) is 0 Å². The van der Waals surface area contributed by atoms with Crippen LogP contribution in [0.25, 0.3) is 0 Å². The summed E-state index contributed by atoms with van der Waals surface area (Å²) in [4.78, 5) is 23.4. The van der Waals surface area contributed by atoms with Crippen LogP contribution in [0.2, 0.25) is 5.02 Å². The molecule has 102 valence electrons. The van der Waals surface area contributed by atoms with Crippen molar-refractivity contribution in [2.75, 3.05) is 18.4 Å². The Morgan fingerprint density at radius 1 is 1.47 bits per heavy atom. The maximum absolute atomic E-state index is 11.9. The van der Waals surface area contributed by atoms with Crippen molar-refractivity contribution in [2.45, 2.75) is 19.4 Å². The lowest BCUT2D eigenvalue weighted by Gasteiger charge is -2.23. The molecule has 1 heterocycles. The average molecular weight is 282 g/mol. The van der Waals surface area contributed by atoms with Crippen LogP contribution in [0.1, 0.15) is 12.0 Å². The van der Waals surface area contributed by atoms with Gasteiger partial charge in [0.15, 0.2) is 0 Å². The van der Waals surface area contributed by atoms with Crippen molar-refractivity contribution in [1.82, 2.24) is 10.6 Å². The van der Waals surface area contributed by atoms with Crippen LogP contribution in [0, 0.1) is 6.92 Å². The van der Waals surface area contributed by atoms with Gasteiger partial charge in [-0.1, -0.05) is 17.7 Å². The van der Waals surface area contributed by atoms with Gasteiger partial charge in [0.25, 0.3) is 0 Å². The van der Waals surface area contributed by atoms with E-state index < -0.39 is 6.04 Å². The van der Waals surface area contributed by atoms with Crippen molar-refractivity contribution in [2.24, 2.45) is 0 Å². The third kappa shape index (κ3) is 3.68. The third-order valence-corrected chi connectivity index (χ3v) is 3.23. The van der Waals surface area contributed by atoms with Crippen LogP contribution in [0.4, 0.5) is 5.69 Å². The van der Waals surface area contributed by atoms with Crippen molar-refractivity contribution >= 4 is 29.1 Å². The molecule has 0 spiro atoms. The fraction of sp³-hybridized carbons (Fsp3) is 0.385. The molecule has 5 nitrogen and oxygen atoms in total. The van der Waals surface area contributed by atoms with Gasteiger partial charge in [0.1, 0.15) is 0 Å². The normalized spacial score (nSPS) is 18.8. The van der Waals surface area contributed by atoms with Gasteiger partial charge in [0, 0.05) is 23.8 Å². The Hall–Kier alpha value is -1.59. The number of piperazine rings is 1. The molecule has 0 aromatic heterocycles. The summed E-state index contributed by atoms with van der Waals surface area (Å²) < 4.78 is 0. The Labute approximate surface area is 116 Å². The number of rotatable bonds is 3. The number of nitrogens with one attached hydrogen (secondary N) is 3. The zero-order valence-corrected chi connectivity index (χ0v) is 11.4. The number of anilines is 1. The SMILES string of the molecule is Cc1ccc(Cl)cc1NC(=O)C[C@@H]1NCCNC1=O. The number of amides is 2. The first-order valence-electron chi connectivity index (χ1n) is 6.13. The van der Waals surface area contributed by atoms with E-state index in [0.717, 1.165) is 5.56 Å². The lowest BCUT2D eigenvalue weighted by Crippen LogP contribution is -2.53. The number of benzene rings is 1. The van der Waals surface area contributed by atoms with E-state index in [1.54, 1.807) is 12.1 Å². The molecule has 2 amide bonds. The highest BCUT2D eigenvalue weighted by Gasteiger charge is 2.24. The summed E-state index contributed by atoms with van der Waals surface area (Å²) in [5.41, 5.74) is 1.60. The fourth-order valence-electron chi connectivity index (χ4n) is 1.93. The second-order valence-electron chi connectivity index (χ2n) is 4.51. The highest BCUT2D eigenvalue weighted by molar-refractivity contribution is 6.31. The summed E-state index contributed by atoms with van der Waals surface area (Å²) in [7, 11) is 0. The van der Waals surface area contributed by atoms with Crippen LogP contribution in [-0.4, -0.2) is 30.9 Å². The molecule has 0 radical (unpaired) electrons. The molecule has 3 N–H and O–H groups in total. The Morgan fingerprint density at radius 2 is 2.26 bits per heavy atom. The minimum Gasteiger partial charge on any atom is -0.353 e. The minimum absolute atomic E-state index is 0.109. The van der Waals surface area contributed by atoms with Crippen molar-refractivity contribution in [3.05, 3.63) is 28.8 Å². The molecule has 6 heteroatoms. The van der Waals surface area contributed by atoms with Crippen LogP contribution < -0.4 is 16.0 Å². The lowest BCUT2D eigenvalue weighted by molar-refractivity contribution is -0.127. The molecule has 1 fully saturated rings. The van der Waals surface area contributed by atoms with Crippen LogP contribution in [0.15, 0.2) is 18.2 Å². The van der Waals surface area contributed by atoms with E-state index in [9.17, 15) is 9.59 Å². The van der Waals surface area contributed by atoms with Crippen molar-refractivity contribution in [3.63, 3.8) is 0 Å². The quantitative estimate of drug-likeness (QED) is 0.776. The van der Waals surface area contributed by atoms with E-state index in [1.165, 1.54) is 0 Å². The largest absolute Gasteiger partial charge is 0.353 e. The summed E-state index contributed by atoms with van der Waals surface area (Å²) in [5.74, 6) is -0.343. The number of hydrogen-bond acceptors (Lipinski definition) is 3. The molecule has 2 rings (SSSR count). The van der Waals surface area contributed by atoms with E-state index in [2.05, 4.69) is 16.0 Å². The van der Waals surface area contributed by atoms with Crippen LogP contribution in [0.3, 0.4) is 0 Å². The molecule has 1 atom stereocenters. The molecule has 0 unspecified atom stereocenters. The van der Waals surface area contributed by atoms with Crippen molar-refractivity contribution in [1.29, 1.82) is 0 Å². The fourth-order valence-corrected chi connectivity index (χ4v) is 2.10. The molecule has 0 bridgehead atoms. The standard InChI is InChI=1S/C13H16ClN3O2/c1-8-2-3-9(14)6-10(8)17-12(18)7-11-13(19)16-5-4-15-11/h2-3,6,11,15H,4-5,7H2,1H3,(H,16,19)(H,17,18)/t11-/m0/s1. The van der Waals surface area contributed by atoms with Gasteiger partial charge in [-0.15, -0.1) is 0 Å². The van der Waals surface area contributed by atoms with Gasteiger partial charge < -0.3 is 16.0 Å². The maximum atomic E-state index is 11.9.